The van der Waals surface area contributed by atoms with Crippen LogP contribution in [0.4, 0.5) is 4.39 Å². The molecule has 0 radical (unpaired) electrons. The summed E-state index contributed by atoms with van der Waals surface area (Å²) in [4.78, 5) is 14.5. The van der Waals surface area contributed by atoms with Crippen LogP contribution in [0.1, 0.15) is 43.5 Å². The van der Waals surface area contributed by atoms with E-state index in [4.69, 9.17) is 4.74 Å². The molecule has 0 spiro atoms. The quantitative estimate of drug-likeness (QED) is 0.649. The van der Waals surface area contributed by atoms with Gasteiger partial charge < -0.3 is 9.64 Å². The van der Waals surface area contributed by atoms with Crippen LogP contribution in [0.2, 0.25) is 0 Å². The summed E-state index contributed by atoms with van der Waals surface area (Å²) >= 11 is 0. The predicted octanol–water partition coefficient (Wildman–Crippen LogP) is 3.53. The number of hydrogen-bond acceptors (Lipinski definition) is 3. The summed E-state index contributed by atoms with van der Waals surface area (Å²) < 4.78 is 18.9. The van der Waals surface area contributed by atoms with E-state index >= 15 is 0 Å². The van der Waals surface area contributed by atoms with E-state index in [9.17, 15) is 9.18 Å². The van der Waals surface area contributed by atoms with Gasteiger partial charge >= 0.3 is 0 Å². The van der Waals surface area contributed by atoms with Crippen molar-refractivity contribution in [3.8, 4) is 5.75 Å². The standard InChI is InChI=1S/C16H24FNO2/c1-4-10-18(11-5-2)12-9-14(19)16-13(17)7-6-8-15(16)20-3/h6-8H,4-5,9-12H2,1-3H3. The van der Waals surface area contributed by atoms with Gasteiger partial charge in [-0.1, -0.05) is 19.9 Å². The second-order valence-corrected chi connectivity index (χ2v) is 4.83. The number of ether oxygens (including phenoxy) is 1. The Bertz CT molecular complexity index is 428. The van der Waals surface area contributed by atoms with E-state index in [1.54, 1.807) is 12.1 Å². The van der Waals surface area contributed by atoms with E-state index in [0.29, 0.717) is 18.7 Å². The van der Waals surface area contributed by atoms with Crippen LogP contribution < -0.4 is 4.74 Å². The molecule has 1 rings (SSSR count). The second kappa shape index (κ2) is 8.69. The molecule has 0 aliphatic rings. The predicted molar refractivity (Wildman–Crippen MR) is 78.9 cm³/mol. The van der Waals surface area contributed by atoms with E-state index in [2.05, 4.69) is 18.7 Å². The molecular weight excluding hydrogens is 257 g/mol. The molecule has 0 heterocycles. The van der Waals surface area contributed by atoms with Crippen molar-refractivity contribution < 1.29 is 13.9 Å². The highest BCUT2D eigenvalue weighted by Crippen LogP contribution is 2.22. The van der Waals surface area contributed by atoms with Crippen LogP contribution in [-0.2, 0) is 0 Å². The van der Waals surface area contributed by atoms with Gasteiger partial charge in [0.1, 0.15) is 11.6 Å². The number of halogens is 1. The first-order valence-corrected chi connectivity index (χ1v) is 7.22. The number of methoxy groups -OCH3 is 1. The molecule has 1 aromatic carbocycles. The number of nitrogens with zero attached hydrogens (tertiary/aromatic N) is 1. The molecule has 0 saturated heterocycles. The number of carbonyl (C=O) groups is 1. The Morgan fingerprint density at radius 3 is 2.40 bits per heavy atom. The Kier molecular flexibility index (Phi) is 7.23. The highest BCUT2D eigenvalue weighted by atomic mass is 19.1. The van der Waals surface area contributed by atoms with Crippen LogP contribution in [0, 0.1) is 5.82 Å². The number of carbonyl (C=O) groups excluding carboxylic acids is 1. The van der Waals surface area contributed by atoms with Crippen molar-refractivity contribution in [1.82, 2.24) is 4.90 Å². The fourth-order valence-electron chi connectivity index (χ4n) is 2.30. The zero-order valence-electron chi connectivity index (χ0n) is 12.6. The van der Waals surface area contributed by atoms with E-state index in [1.165, 1.54) is 13.2 Å². The summed E-state index contributed by atoms with van der Waals surface area (Å²) in [5.74, 6) is -0.392. The van der Waals surface area contributed by atoms with E-state index in [-0.39, 0.29) is 11.3 Å². The van der Waals surface area contributed by atoms with Gasteiger partial charge in [-0.25, -0.2) is 4.39 Å². The van der Waals surface area contributed by atoms with Crippen molar-refractivity contribution >= 4 is 5.78 Å². The third-order valence-electron chi connectivity index (χ3n) is 3.21. The average molecular weight is 281 g/mol. The van der Waals surface area contributed by atoms with Gasteiger partial charge in [0, 0.05) is 13.0 Å². The van der Waals surface area contributed by atoms with Gasteiger partial charge in [0.2, 0.25) is 0 Å². The molecular formula is C16H24FNO2. The molecule has 3 nitrogen and oxygen atoms in total. The molecule has 0 aliphatic heterocycles. The fourth-order valence-corrected chi connectivity index (χ4v) is 2.30. The fraction of sp³-hybridized carbons (Fsp3) is 0.562. The largest absolute Gasteiger partial charge is 0.496 e. The van der Waals surface area contributed by atoms with Crippen molar-refractivity contribution in [1.29, 1.82) is 0 Å². The molecule has 0 atom stereocenters. The van der Waals surface area contributed by atoms with Gasteiger partial charge in [-0.2, -0.15) is 0 Å². The maximum atomic E-state index is 13.8. The number of benzene rings is 1. The Morgan fingerprint density at radius 2 is 1.85 bits per heavy atom. The summed E-state index contributed by atoms with van der Waals surface area (Å²) in [5.41, 5.74) is 0.0722. The third kappa shape index (κ3) is 4.60. The summed E-state index contributed by atoms with van der Waals surface area (Å²) in [6.07, 6.45) is 2.42. The van der Waals surface area contributed by atoms with Crippen molar-refractivity contribution in [3.05, 3.63) is 29.6 Å². The molecule has 0 fully saturated rings. The number of rotatable bonds is 9. The molecule has 0 aliphatic carbocycles. The lowest BCUT2D eigenvalue weighted by Gasteiger charge is -2.20. The average Bonchev–Trinajstić information content (AvgIpc) is 2.44. The van der Waals surface area contributed by atoms with Crippen molar-refractivity contribution in [2.75, 3.05) is 26.7 Å². The van der Waals surface area contributed by atoms with Gasteiger partial charge in [-0.05, 0) is 38.1 Å². The summed E-state index contributed by atoms with van der Waals surface area (Å²) in [7, 11) is 1.45. The lowest BCUT2D eigenvalue weighted by Crippen LogP contribution is -2.28. The van der Waals surface area contributed by atoms with Crippen LogP contribution in [0.25, 0.3) is 0 Å². The number of hydrogen-bond donors (Lipinski definition) is 0. The van der Waals surface area contributed by atoms with Gasteiger partial charge in [-0.3, -0.25) is 4.79 Å². The maximum Gasteiger partial charge on any atom is 0.170 e. The van der Waals surface area contributed by atoms with Crippen LogP contribution in [0.3, 0.4) is 0 Å². The minimum atomic E-state index is -0.508. The van der Waals surface area contributed by atoms with Crippen molar-refractivity contribution in [2.24, 2.45) is 0 Å². The Morgan fingerprint density at radius 1 is 1.20 bits per heavy atom. The maximum absolute atomic E-state index is 13.8. The van der Waals surface area contributed by atoms with Gasteiger partial charge in [0.25, 0.3) is 0 Å². The molecule has 0 aromatic heterocycles. The molecule has 0 N–H and O–H groups in total. The lowest BCUT2D eigenvalue weighted by atomic mass is 10.1. The topological polar surface area (TPSA) is 29.5 Å². The summed E-state index contributed by atoms with van der Waals surface area (Å²) in [6.45, 7) is 6.83. The van der Waals surface area contributed by atoms with E-state index < -0.39 is 5.82 Å². The van der Waals surface area contributed by atoms with Crippen molar-refractivity contribution in [3.63, 3.8) is 0 Å². The van der Waals surface area contributed by atoms with Crippen LogP contribution >= 0.6 is 0 Å². The Hall–Kier alpha value is -1.42. The second-order valence-electron chi connectivity index (χ2n) is 4.83. The van der Waals surface area contributed by atoms with Crippen LogP contribution in [-0.4, -0.2) is 37.4 Å². The zero-order valence-corrected chi connectivity index (χ0v) is 12.6. The molecule has 0 bridgehead atoms. The molecule has 0 unspecified atom stereocenters. The van der Waals surface area contributed by atoms with E-state index in [0.717, 1.165) is 25.9 Å². The molecule has 1 aromatic rings. The van der Waals surface area contributed by atoms with Gasteiger partial charge in [0.05, 0.1) is 12.7 Å². The zero-order chi connectivity index (χ0) is 15.0. The van der Waals surface area contributed by atoms with Crippen molar-refractivity contribution in [2.45, 2.75) is 33.1 Å². The first kappa shape index (κ1) is 16.6. The minimum absolute atomic E-state index is 0.0722. The highest BCUT2D eigenvalue weighted by molar-refractivity contribution is 5.99. The number of Topliss-reactive ketones (excluding diaryl/α,β-unsaturated/α-hetero) is 1. The Labute approximate surface area is 120 Å². The molecule has 0 saturated carbocycles. The summed E-state index contributed by atoms with van der Waals surface area (Å²) in [6, 6.07) is 4.46. The SMILES string of the molecule is CCCN(CCC)CCC(=O)c1c(F)cccc1OC. The molecule has 4 heteroatoms. The minimum Gasteiger partial charge on any atom is -0.496 e. The van der Waals surface area contributed by atoms with E-state index in [1.807, 2.05) is 0 Å². The smallest absolute Gasteiger partial charge is 0.170 e. The Balaban J connectivity index is 2.71. The first-order valence-electron chi connectivity index (χ1n) is 7.22. The lowest BCUT2D eigenvalue weighted by molar-refractivity contribution is 0.0956. The van der Waals surface area contributed by atoms with Gasteiger partial charge in [0.15, 0.2) is 5.78 Å². The van der Waals surface area contributed by atoms with Crippen LogP contribution in [0.15, 0.2) is 18.2 Å². The monoisotopic (exact) mass is 281 g/mol. The highest BCUT2D eigenvalue weighted by Gasteiger charge is 2.18. The summed E-state index contributed by atoms with van der Waals surface area (Å²) in [5, 5.41) is 0. The third-order valence-corrected chi connectivity index (χ3v) is 3.21. The first-order chi connectivity index (χ1) is 9.63. The molecule has 112 valence electrons. The number of ketones is 1. The normalized spacial score (nSPS) is 10.8. The van der Waals surface area contributed by atoms with Gasteiger partial charge in [-0.15, -0.1) is 0 Å². The molecule has 0 amide bonds. The molecule has 20 heavy (non-hydrogen) atoms. The van der Waals surface area contributed by atoms with Crippen LogP contribution in [0.5, 0.6) is 5.75 Å².